The number of rotatable bonds is 4. The number of carbonyl (C=O) groups excluding carboxylic acids is 2. The molecular formula is C16H23NO4. The lowest BCUT2D eigenvalue weighted by Gasteiger charge is -2.23. The average molecular weight is 293 g/mol. The van der Waals surface area contributed by atoms with Crippen molar-refractivity contribution < 1.29 is 19.1 Å². The minimum absolute atomic E-state index is 0.0289. The average Bonchev–Trinajstić information content (AvgIpc) is 2.97. The Morgan fingerprint density at radius 3 is 2.81 bits per heavy atom. The predicted molar refractivity (Wildman–Crippen MR) is 76.4 cm³/mol. The van der Waals surface area contributed by atoms with Crippen molar-refractivity contribution in [3.8, 4) is 0 Å². The van der Waals surface area contributed by atoms with Gasteiger partial charge in [0.15, 0.2) is 0 Å². The summed E-state index contributed by atoms with van der Waals surface area (Å²) >= 11 is 0. The van der Waals surface area contributed by atoms with E-state index in [1.807, 2.05) is 30.9 Å². The van der Waals surface area contributed by atoms with Gasteiger partial charge in [-0.25, -0.2) is 0 Å². The molecule has 5 heteroatoms. The van der Waals surface area contributed by atoms with Crippen LogP contribution in [0.15, 0.2) is 12.2 Å². The van der Waals surface area contributed by atoms with E-state index in [4.69, 9.17) is 9.47 Å². The van der Waals surface area contributed by atoms with Gasteiger partial charge in [-0.15, -0.1) is 0 Å². The van der Waals surface area contributed by atoms with Crippen LogP contribution < -0.4 is 0 Å². The summed E-state index contributed by atoms with van der Waals surface area (Å²) in [7, 11) is 0. The smallest absolute Gasteiger partial charge is 0.313 e. The van der Waals surface area contributed by atoms with Crippen molar-refractivity contribution in [1.82, 2.24) is 4.90 Å². The third-order valence-electron chi connectivity index (χ3n) is 4.39. The van der Waals surface area contributed by atoms with Crippen LogP contribution in [0.5, 0.6) is 0 Å². The highest BCUT2D eigenvalue weighted by atomic mass is 16.6. The molecule has 1 amide bonds. The van der Waals surface area contributed by atoms with Gasteiger partial charge in [-0.1, -0.05) is 26.0 Å². The highest BCUT2D eigenvalue weighted by Crippen LogP contribution is 2.52. The summed E-state index contributed by atoms with van der Waals surface area (Å²) in [6.45, 7) is 9.05. The molecule has 0 aromatic carbocycles. The van der Waals surface area contributed by atoms with Crippen LogP contribution in [-0.2, 0) is 19.1 Å². The molecule has 5 nitrogen and oxygen atoms in total. The quantitative estimate of drug-likeness (QED) is 0.580. The van der Waals surface area contributed by atoms with Gasteiger partial charge in [0.1, 0.15) is 11.5 Å². The van der Waals surface area contributed by atoms with E-state index in [0.717, 1.165) is 0 Å². The zero-order valence-electron chi connectivity index (χ0n) is 13.0. The van der Waals surface area contributed by atoms with Crippen molar-refractivity contribution in [2.75, 3.05) is 13.1 Å². The fraction of sp³-hybridized carbons (Fsp3) is 0.750. The Kier molecular flexibility index (Phi) is 3.35. The molecule has 0 radical (unpaired) electrons. The minimum atomic E-state index is -0.614. The van der Waals surface area contributed by atoms with Crippen LogP contribution >= 0.6 is 0 Å². The molecule has 3 aliphatic rings. The van der Waals surface area contributed by atoms with Crippen LogP contribution in [0.3, 0.4) is 0 Å². The standard InChI is InChI=1S/C16H23NO4/c1-9(2)7-17-8-16-6-5-11(21-16)12(13(16)14(17)18)15(19)20-10(3)4/h5-6,9-13H,7-8H2,1-4H3/t11-,12+,13-,16+/m1/s1. The Labute approximate surface area is 125 Å². The number of hydrogen-bond donors (Lipinski definition) is 0. The Hall–Kier alpha value is -1.36. The molecule has 1 spiro atoms. The number of carbonyl (C=O) groups is 2. The predicted octanol–water partition coefficient (Wildman–Crippen LogP) is 1.38. The molecule has 0 aliphatic carbocycles. The molecule has 0 aromatic heterocycles. The molecule has 2 fully saturated rings. The Balaban J connectivity index is 1.85. The van der Waals surface area contributed by atoms with Gasteiger partial charge in [-0.2, -0.15) is 0 Å². The van der Waals surface area contributed by atoms with Crippen LogP contribution in [0, 0.1) is 17.8 Å². The summed E-state index contributed by atoms with van der Waals surface area (Å²) in [5.41, 5.74) is -0.614. The number of nitrogens with zero attached hydrogens (tertiary/aromatic N) is 1. The first kappa shape index (κ1) is 14.6. The molecule has 3 aliphatic heterocycles. The number of esters is 1. The van der Waals surface area contributed by atoms with E-state index in [9.17, 15) is 9.59 Å². The Bertz CT molecular complexity index is 499. The maximum Gasteiger partial charge on any atom is 0.313 e. The number of ether oxygens (including phenoxy) is 2. The first-order chi connectivity index (χ1) is 9.84. The zero-order chi connectivity index (χ0) is 15.4. The normalized spacial score (nSPS) is 37.0. The monoisotopic (exact) mass is 293 g/mol. The van der Waals surface area contributed by atoms with Gasteiger partial charge in [-0.3, -0.25) is 9.59 Å². The van der Waals surface area contributed by atoms with Gasteiger partial charge in [-0.05, 0) is 19.8 Å². The summed E-state index contributed by atoms with van der Waals surface area (Å²) in [5, 5.41) is 0. The Morgan fingerprint density at radius 2 is 2.19 bits per heavy atom. The van der Waals surface area contributed by atoms with E-state index in [-0.39, 0.29) is 24.1 Å². The summed E-state index contributed by atoms with van der Waals surface area (Å²) in [5.74, 6) is -0.807. The lowest BCUT2D eigenvalue weighted by molar-refractivity contribution is -0.157. The second kappa shape index (κ2) is 4.83. The topological polar surface area (TPSA) is 55.8 Å². The maximum atomic E-state index is 12.7. The molecular weight excluding hydrogens is 270 g/mol. The second-order valence-corrected chi connectivity index (χ2v) is 7.00. The molecule has 21 heavy (non-hydrogen) atoms. The Morgan fingerprint density at radius 1 is 1.48 bits per heavy atom. The molecule has 2 saturated heterocycles. The fourth-order valence-electron chi connectivity index (χ4n) is 3.75. The lowest BCUT2D eigenvalue weighted by atomic mass is 9.77. The number of hydrogen-bond acceptors (Lipinski definition) is 4. The fourth-order valence-corrected chi connectivity index (χ4v) is 3.75. The minimum Gasteiger partial charge on any atom is -0.463 e. The molecule has 0 aromatic rings. The van der Waals surface area contributed by atoms with Crippen LogP contribution in [-0.4, -0.2) is 47.7 Å². The van der Waals surface area contributed by atoms with E-state index in [1.54, 1.807) is 0 Å². The number of fused-ring (bicyclic) bond motifs is 1. The van der Waals surface area contributed by atoms with Crippen molar-refractivity contribution in [1.29, 1.82) is 0 Å². The summed E-state index contributed by atoms with van der Waals surface area (Å²) in [6, 6.07) is 0. The first-order valence-electron chi connectivity index (χ1n) is 7.70. The molecule has 3 rings (SSSR count). The molecule has 2 bridgehead atoms. The molecule has 0 saturated carbocycles. The SMILES string of the molecule is CC(C)CN1C[C@]23C=C[C@@H](O2)[C@H](C(=O)OC(C)C)[C@@H]3C1=O. The maximum absolute atomic E-state index is 12.7. The highest BCUT2D eigenvalue weighted by Gasteiger charge is 2.67. The zero-order valence-corrected chi connectivity index (χ0v) is 13.0. The van der Waals surface area contributed by atoms with Gasteiger partial charge in [0.25, 0.3) is 0 Å². The van der Waals surface area contributed by atoms with Crippen LogP contribution in [0.25, 0.3) is 0 Å². The summed E-state index contributed by atoms with van der Waals surface area (Å²) in [4.78, 5) is 26.9. The summed E-state index contributed by atoms with van der Waals surface area (Å²) in [6.07, 6.45) is 3.39. The first-order valence-corrected chi connectivity index (χ1v) is 7.70. The van der Waals surface area contributed by atoms with E-state index in [1.165, 1.54) is 0 Å². The second-order valence-electron chi connectivity index (χ2n) is 7.00. The highest BCUT2D eigenvalue weighted by molar-refractivity contribution is 5.91. The third kappa shape index (κ3) is 2.18. The molecule has 0 unspecified atom stereocenters. The van der Waals surface area contributed by atoms with Gasteiger partial charge in [0, 0.05) is 6.54 Å². The third-order valence-corrected chi connectivity index (χ3v) is 4.39. The molecule has 0 N–H and O–H groups in total. The van der Waals surface area contributed by atoms with E-state index in [2.05, 4.69) is 13.8 Å². The van der Waals surface area contributed by atoms with Crippen LogP contribution in [0.1, 0.15) is 27.7 Å². The lowest BCUT2D eigenvalue weighted by Crippen LogP contribution is -2.40. The van der Waals surface area contributed by atoms with Gasteiger partial charge < -0.3 is 14.4 Å². The van der Waals surface area contributed by atoms with Crippen molar-refractivity contribution in [3.63, 3.8) is 0 Å². The molecule has 4 atom stereocenters. The van der Waals surface area contributed by atoms with E-state index >= 15 is 0 Å². The van der Waals surface area contributed by atoms with Crippen molar-refractivity contribution in [2.24, 2.45) is 17.8 Å². The van der Waals surface area contributed by atoms with Crippen molar-refractivity contribution >= 4 is 11.9 Å². The van der Waals surface area contributed by atoms with Crippen LogP contribution in [0.4, 0.5) is 0 Å². The molecule has 3 heterocycles. The van der Waals surface area contributed by atoms with Crippen LogP contribution in [0.2, 0.25) is 0 Å². The largest absolute Gasteiger partial charge is 0.463 e. The van der Waals surface area contributed by atoms with Crippen molar-refractivity contribution in [2.45, 2.75) is 45.5 Å². The van der Waals surface area contributed by atoms with E-state index < -0.39 is 17.4 Å². The van der Waals surface area contributed by atoms with Gasteiger partial charge in [0.2, 0.25) is 5.91 Å². The summed E-state index contributed by atoms with van der Waals surface area (Å²) < 4.78 is 11.3. The van der Waals surface area contributed by atoms with E-state index in [0.29, 0.717) is 19.0 Å². The number of amides is 1. The number of likely N-dealkylation sites (tertiary alicyclic amines) is 1. The van der Waals surface area contributed by atoms with Gasteiger partial charge in [0.05, 0.1) is 24.7 Å². The van der Waals surface area contributed by atoms with Gasteiger partial charge >= 0.3 is 5.97 Å². The molecule has 116 valence electrons. The van der Waals surface area contributed by atoms with Crippen molar-refractivity contribution in [3.05, 3.63) is 12.2 Å².